The molecule has 2 heterocycles. The van der Waals surface area contributed by atoms with E-state index in [4.69, 9.17) is 4.42 Å². The third kappa shape index (κ3) is 2.86. The smallest absolute Gasteiger partial charge is 0.118 e. The molecule has 0 amide bonds. The molecule has 0 aromatic carbocycles. The summed E-state index contributed by atoms with van der Waals surface area (Å²) in [6, 6.07) is 4.16. The molecular weight excluding hydrogens is 200 g/mol. The maximum absolute atomic E-state index is 5.75. The monoisotopic (exact) mass is 222 g/mol. The van der Waals surface area contributed by atoms with E-state index >= 15 is 0 Å². The predicted molar refractivity (Wildman–Crippen MR) is 65.1 cm³/mol. The molecule has 1 aliphatic rings. The molecule has 0 bridgehead atoms. The molecule has 90 valence electrons. The predicted octanol–water partition coefficient (Wildman–Crippen LogP) is 2.23. The highest BCUT2D eigenvalue weighted by atomic mass is 16.3. The van der Waals surface area contributed by atoms with E-state index in [0.29, 0.717) is 5.41 Å². The molecular formula is C13H22N2O. The highest BCUT2D eigenvalue weighted by molar-refractivity contribution is 5.07. The molecule has 0 aliphatic carbocycles. The van der Waals surface area contributed by atoms with Crippen molar-refractivity contribution in [3.8, 4) is 0 Å². The number of hydrogen-bond donors (Lipinski definition) is 1. The lowest BCUT2D eigenvalue weighted by atomic mass is 9.93. The van der Waals surface area contributed by atoms with E-state index in [1.54, 1.807) is 0 Å². The first-order valence-corrected chi connectivity index (χ1v) is 6.04. The van der Waals surface area contributed by atoms with E-state index in [-0.39, 0.29) is 0 Å². The third-order valence-electron chi connectivity index (χ3n) is 3.20. The SMILES string of the molecule is CNCc1ccc(CN2CCC(C)(C)C2)o1. The molecule has 1 N–H and O–H groups in total. The van der Waals surface area contributed by atoms with Gasteiger partial charge in [-0.1, -0.05) is 13.8 Å². The van der Waals surface area contributed by atoms with Gasteiger partial charge >= 0.3 is 0 Å². The summed E-state index contributed by atoms with van der Waals surface area (Å²) in [7, 11) is 1.94. The minimum Gasteiger partial charge on any atom is -0.463 e. The molecule has 0 atom stereocenters. The van der Waals surface area contributed by atoms with Gasteiger partial charge in [-0.2, -0.15) is 0 Å². The highest BCUT2D eigenvalue weighted by Crippen LogP contribution is 2.29. The van der Waals surface area contributed by atoms with E-state index < -0.39 is 0 Å². The quantitative estimate of drug-likeness (QED) is 0.847. The number of furan rings is 1. The average Bonchev–Trinajstić information content (AvgIpc) is 2.75. The van der Waals surface area contributed by atoms with Gasteiger partial charge in [-0.05, 0) is 37.6 Å². The summed E-state index contributed by atoms with van der Waals surface area (Å²) < 4.78 is 5.75. The van der Waals surface area contributed by atoms with Gasteiger partial charge in [-0.25, -0.2) is 0 Å². The maximum Gasteiger partial charge on any atom is 0.118 e. The van der Waals surface area contributed by atoms with E-state index in [1.807, 2.05) is 7.05 Å². The lowest BCUT2D eigenvalue weighted by Crippen LogP contribution is -2.22. The average molecular weight is 222 g/mol. The molecule has 0 unspecified atom stereocenters. The van der Waals surface area contributed by atoms with Gasteiger partial charge in [0.05, 0.1) is 13.1 Å². The molecule has 0 radical (unpaired) electrons. The van der Waals surface area contributed by atoms with Crippen molar-refractivity contribution in [3.05, 3.63) is 23.7 Å². The van der Waals surface area contributed by atoms with Crippen LogP contribution in [0.15, 0.2) is 16.5 Å². The van der Waals surface area contributed by atoms with Crippen LogP contribution in [-0.2, 0) is 13.1 Å². The van der Waals surface area contributed by atoms with Crippen molar-refractivity contribution in [2.45, 2.75) is 33.4 Å². The van der Waals surface area contributed by atoms with Crippen LogP contribution in [-0.4, -0.2) is 25.0 Å². The Bertz CT molecular complexity index is 343. The van der Waals surface area contributed by atoms with Gasteiger partial charge in [0, 0.05) is 6.54 Å². The van der Waals surface area contributed by atoms with Crippen LogP contribution >= 0.6 is 0 Å². The van der Waals surface area contributed by atoms with E-state index in [9.17, 15) is 0 Å². The van der Waals surface area contributed by atoms with Gasteiger partial charge in [0.1, 0.15) is 11.5 Å². The fourth-order valence-electron chi connectivity index (χ4n) is 2.36. The summed E-state index contributed by atoms with van der Waals surface area (Å²) in [6.07, 6.45) is 1.29. The van der Waals surface area contributed by atoms with Gasteiger partial charge in [-0.3, -0.25) is 4.90 Å². The molecule has 0 saturated carbocycles. The van der Waals surface area contributed by atoms with Gasteiger partial charge in [-0.15, -0.1) is 0 Å². The minimum absolute atomic E-state index is 0.473. The summed E-state index contributed by atoms with van der Waals surface area (Å²) in [5, 5.41) is 3.10. The van der Waals surface area contributed by atoms with Gasteiger partial charge in [0.25, 0.3) is 0 Å². The van der Waals surface area contributed by atoms with Gasteiger partial charge in [0.15, 0.2) is 0 Å². The number of nitrogens with zero attached hydrogens (tertiary/aromatic N) is 1. The van der Waals surface area contributed by atoms with Crippen LogP contribution in [0.4, 0.5) is 0 Å². The summed E-state index contributed by atoms with van der Waals surface area (Å²) in [4.78, 5) is 2.47. The second kappa shape index (κ2) is 4.60. The molecule has 1 fully saturated rings. The Labute approximate surface area is 97.8 Å². The Morgan fingerprint density at radius 1 is 1.38 bits per heavy atom. The lowest BCUT2D eigenvalue weighted by Gasteiger charge is -2.18. The molecule has 1 aromatic rings. The number of rotatable bonds is 4. The van der Waals surface area contributed by atoms with Crippen molar-refractivity contribution < 1.29 is 4.42 Å². The minimum atomic E-state index is 0.473. The molecule has 16 heavy (non-hydrogen) atoms. The second-order valence-corrected chi connectivity index (χ2v) is 5.52. The van der Waals surface area contributed by atoms with Crippen molar-refractivity contribution in [1.29, 1.82) is 0 Å². The fraction of sp³-hybridized carbons (Fsp3) is 0.692. The van der Waals surface area contributed by atoms with Gasteiger partial charge < -0.3 is 9.73 Å². The number of likely N-dealkylation sites (tertiary alicyclic amines) is 1. The summed E-state index contributed by atoms with van der Waals surface area (Å²) in [6.45, 7) is 8.80. The van der Waals surface area contributed by atoms with Crippen LogP contribution in [0.2, 0.25) is 0 Å². The van der Waals surface area contributed by atoms with Crippen LogP contribution in [0, 0.1) is 5.41 Å². The first-order valence-electron chi connectivity index (χ1n) is 6.04. The van der Waals surface area contributed by atoms with Gasteiger partial charge in [0.2, 0.25) is 0 Å². The Balaban J connectivity index is 1.89. The van der Waals surface area contributed by atoms with E-state index in [1.165, 1.54) is 19.5 Å². The van der Waals surface area contributed by atoms with Crippen molar-refractivity contribution in [2.24, 2.45) is 5.41 Å². The summed E-state index contributed by atoms with van der Waals surface area (Å²) in [5.74, 6) is 2.11. The largest absolute Gasteiger partial charge is 0.463 e. The molecule has 1 aliphatic heterocycles. The summed E-state index contributed by atoms with van der Waals surface area (Å²) >= 11 is 0. The Morgan fingerprint density at radius 3 is 2.75 bits per heavy atom. The van der Waals surface area contributed by atoms with Crippen molar-refractivity contribution in [3.63, 3.8) is 0 Å². The molecule has 2 rings (SSSR count). The Hall–Kier alpha value is -0.800. The van der Waals surface area contributed by atoms with Crippen LogP contribution in [0.1, 0.15) is 31.8 Å². The summed E-state index contributed by atoms with van der Waals surface area (Å²) in [5.41, 5.74) is 0.473. The van der Waals surface area contributed by atoms with Crippen molar-refractivity contribution in [2.75, 3.05) is 20.1 Å². The van der Waals surface area contributed by atoms with Crippen molar-refractivity contribution >= 4 is 0 Å². The highest BCUT2D eigenvalue weighted by Gasteiger charge is 2.29. The second-order valence-electron chi connectivity index (χ2n) is 5.52. The molecule has 1 saturated heterocycles. The first-order chi connectivity index (χ1) is 7.59. The first kappa shape index (κ1) is 11.7. The standard InChI is InChI=1S/C13H22N2O/c1-13(2)6-7-15(10-13)9-12-5-4-11(16-12)8-14-3/h4-5,14H,6-10H2,1-3H3. The lowest BCUT2D eigenvalue weighted by molar-refractivity contribution is 0.260. The fourth-order valence-corrected chi connectivity index (χ4v) is 2.36. The van der Waals surface area contributed by atoms with Crippen LogP contribution in [0.5, 0.6) is 0 Å². The topological polar surface area (TPSA) is 28.4 Å². The molecule has 3 nitrogen and oxygen atoms in total. The zero-order chi connectivity index (χ0) is 11.6. The zero-order valence-corrected chi connectivity index (χ0v) is 10.5. The Morgan fingerprint density at radius 2 is 2.12 bits per heavy atom. The number of hydrogen-bond acceptors (Lipinski definition) is 3. The third-order valence-corrected chi connectivity index (χ3v) is 3.20. The molecule has 0 spiro atoms. The van der Waals surface area contributed by atoms with Crippen molar-refractivity contribution in [1.82, 2.24) is 10.2 Å². The maximum atomic E-state index is 5.75. The van der Waals surface area contributed by atoms with Crippen LogP contribution < -0.4 is 5.32 Å². The number of nitrogens with one attached hydrogen (secondary N) is 1. The van der Waals surface area contributed by atoms with E-state index in [2.05, 4.69) is 36.2 Å². The van der Waals surface area contributed by atoms with E-state index in [0.717, 1.165) is 24.6 Å². The van der Waals surface area contributed by atoms with Crippen LogP contribution in [0.25, 0.3) is 0 Å². The molecule has 3 heteroatoms. The van der Waals surface area contributed by atoms with Crippen LogP contribution in [0.3, 0.4) is 0 Å². The normalized spacial score (nSPS) is 20.4. The Kier molecular flexibility index (Phi) is 3.36. The zero-order valence-electron chi connectivity index (χ0n) is 10.5. The molecule has 1 aromatic heterocycles.